The van der Waals surface area contributed by atoms with Crippen molar-refractivity contribution < 1.29 is 19.1 Å². The van der Waals surface area contributed by atoms with Gasteiger partial charge in [0.25, 0.3) is 5.91 Å². The van der Waals surface area contributed by atoms with Crippen molar-refractivity contribution in [3.05, 3.63) is 53.6 Å². The van der Waals surface area contributed by atoms with Gasteiger partial charge in [-0.3, -0.25) is 9.59 Å². The van der Waals surface area contributed by atoms with Gasteiger partial charge in [0.05, 0.1) is 13.2 Å². The average molecular weight is 396 g/mol. The third-order valence-electron chi connectivity index (χ3n) is 4.85. The van der Waals surface area contributed by atoms with Crippen LogP contribution in [-0.4, -0.2) is 38.1 Å². The first-order valence-corrected chi connectivity index (χ1v) is 10.2. The van der Waals surface area contributed by atoms with Crippen molar-refractivity contribution in [1.82, 2.24) is 5.32 Å². The van der Waals surface area contributed by atoms with Crippen LogP contribution >= 0.6 is 0 Å². The Kier molecular flexibility index (Phi) is 7.11. The van der Waals surface area contributed by atoms with E-state index in [0.29, 0.717) is 49.7 Å². The van der Waals surface area contributed by atoms with Gasteiger partial charge >= 0.3 is 0 Å². The molecule has 0 saturated heterocycles. The minimum atomic E-state index is -0.187. The standard InChI is InChI=1S/C23H28N2O4/c1-3-28-20-12-11-18(16-21(20)29-4-2)23(27)24-14-7-10-22(26)25-15-13-17-8-5-6-9-19(17)25/h5-6,8-9,11-12,16H,3-4,7,10,13-15H2,1-2H3,(H,24,27). The van der Waals surface area contributed by atoms with Crippen LogP contribution < -0.4 is 19.7 Å². The Bertz CT molecular complexity index is 866. The van der Waals surface area contributed by atoms with Crippen LogP contribution in [0, 0.1) is 0 Å². The van der Waals surface area contributed by atoms with E-state index >= 15 is 0 Å². The number of hydrogen-bond acceptors (Lipinski definition) is 4. The zero-order chi connectivity index (χ0) is 20.6. The summed E-state index contributed by atoms with van der Waals surface area (Å²) >= 11 is 0. The summed E-state index contributed by atoms with van der Waals surface area (Å²) in [6, 6.07) is 13.2. The lowest BCUT2D eigenvalue weighted by Crippen LogP contribution is -2.30. The molecule has 6 nitrogen and oxygen atoms in total. The summed E-state index contributed by atoms with van der Waals surface area (Å²) in [7, 11) is 0. The van der Waals surface area contributed by atoms with E-state index in [1.165, 1.54) is 5.56 Å². The van der Waals surface area contributed by atoms with E-state index in [4.69, 9.17) is 9.47 Å². The third kappa shape index (κ3) is 5.08. The van der Waals surface area contributed by atoms with Gasteiger partial charge in [0.2, 0.25) is 5.91 Å². The Morgan fingerprint density at radius 3 is 2.59 bits per heavy atom. The molecular formula is C23H28N2O4. The van der Waals surface area contributed by atoms with E-state index in [-0.39, 0.29) is 11.8 Å². The van der Waals surface area contributed by atoms with E-state index in [1.54, 1.807) is 18.2 Å². The zero-order valence-corrected chi connectivity index (χ0v) is 17.1. The van der Waals surface area contributed by atoms with Crippen LogP contribution in [0.4, 0.5) is 5.69 Å². The number of ether oxygens (including phenoxy) is 2. The molecule has 0 fully saturated rings. The van der Waals surface area contributed by atoms with E-state index in [1.807, 2.05) is 36.9 Å². The van der Waals surface area contributed by atoms with Crippen molar-refractivity contribution in [2.75, 3.05) is 31.2 Å². The van der Waals surface area contributed by atoms with Crippen LogP contribution in [0.1, 0.15) is 42.6 Å². The normalized spacial score (nSPS) is 12.4. The largest absolute Gasteiger partial charge is 0.490 e. The molecule has 6 heteroatoms. The van der Waals surface area contributed by atoms with E-state index < -0.39 is 0 Å². The second-order valence-corrected chi connectivity index (χ2v) is 6.81. The molecule has 1 aliphatic heterocycles. The molecule has 29 heavy (non-hydrogen) atoms. The van der Waals surface area contributed by atoms with Crippen molar-refractivity contribution in [3.8, 4) is 11.5 Å². The Balaban J connectivity index is 1.49. The molecule has 2 amide bonds. The molecule has 2 aromatic rings. The van der Waals surface area contributed by atoms with Crippen LogP contribution in [0.2, 0.25) is 0 Å². The highest BCUT2D eigenvalue weighted by atomic mass is 16.5. The van der Waals surface area contributed by atoms with Gasteiger partial charge in [-0.1, -0.05) is 18.2 Å². The molecule has 1 N–H and O–H groups in total. The van der Waals surface area contributed by atoms with Crippen LogP contribution in [0.3, 0.4) is 0 Å². The molecular weight excluding hydrogens is 368 g/mol. The monoisotopic (exact) mass is 396 g/mol. The molecule has 0 radical (unpaired) electrons. The third-order valence-corrected chi connectivity index (χ3v) is 4.85. The first kappa shape index (κ1) is 20.7. The number of benzene rings is 2. The molecule has 154 valence electrons. The highest BCUT2D eigenvalue weighted by molar-refractivity contribution is 5.96. The molecule has 0 atom stereocenters. The van der Waals surface area contributed by atoms with Crippen molar-refractivity contribution >= 4 is 17.5 Å². The predicted octanol–water partition coefficient (Wildman–Crippen LogP) is 3.58. The number of rotatable bonds is 9. The molecule has 1 heterocycles. The maximum Gasteiger partial charge on any atom is 0.251 e. The molecule has 0 aliphatic carbocycles. The Morgan fingerprint density at radius 1 is 1.03 bits per heavy atom. The second kappa shape index (κ2) is 9.96. The topological polar surface area (TPSA) is 67.9 Å². The summed E-state index contributed by atoms with van der Waals surface area (Å²) in [5.74, 6) is 1.10. The average Bonchev–Trinajstić information content (AvgIpc) is 3.17. The lowest BCUT2D eigenvalue weighted by molar-refractivity contribution is -0.118. The highest BCUT2D eigenvalue weighted by Gasteiger charge is 2.23. The van der Waals surface area contributed by atoms with Crippen molar-refractivity contribution in [2.24, 2.45) is 0 Å². The van der Waals surface area contributed by atoms with Crippen LogP contribution in [0.5, 0.6) is 11.5 Å². The van der Waals surface area contributed by atoms with Crippen molar-refractivity contribution in [2.45, 2.75) is 33.1 Å². The van der Waals surface area contributed by atoms with Gasteiger partial charge in [-0.25, -0.2) is 0 Å². The van der Waals surface area contributed by atoms with Gasteiger partial charge < -0.3 is 19.7 Å². The summed E-state index contributed by atoms with van der Waals surface area (Å²) in [6.07, 6.45) is 1.90. The number of hydrogen-bond donors (Lipinski definition) is 1. The van der Waals surface area contributed by atoms with Gasteiger partial charge in [0.15, 0.2) is 11.5 Å². The molecule has 0 unspecified atom stereocenters. The molecule has 0 bridgehead atoms. The first-order chi connectivity index (χ1) is 14.1. The molecule has 1 aliphatic rings. The zero-order valence-electron chi connectivity index (χ0n) is 17.1. The van der Waals surface area contributed by atoms with Crippen molar-refractivity contribution in [3.63, 3.8) is 0 Å². The number of nitrogens with one attached hydrogen (secondary N) is 1. The first-order valence-electron chi connectivity index (χ1n) is 10.2. The molecule has 0 saturated carbocycles. The quantitative estimate of drug-likeness (QED) is 0.658. The molecule has 0 spiro atoms. The maximum atomic E-state index is 12.5. The summed E-state index contributed by atoms with van der Waals surface area (Å²) in [5.41, 5.74) is 2.74. The molecule has 3 rings (SSSR count). The minimum absolute atomic E-state index is 0.101. The smallest absolute Gasteiger partial charge is 0.251 e. The van der Waals surface area contributed by atoms with Gasteiger partial charge in [0, 0.05) is 30.8 Å². The summed E-state index contributed by atoms with van der Waals surface area (Å²) in [6.45, 7) is 5.98. The summed E-state index contributed by atoms with van der Waals surface area (Å²) in [4.78, 5) is 26.8. The molecule has 2 aromatic carbocycles. The van der Waals surface area contributed by atoms with Crippen molar-refractivity contribution in [1.29, 1.82) is 0 Å². The number of carbonyl (C=O) groups is 2. The van der Waals surface area contributed by atoms with E-state index in [2.05, 4.69) is 11.4 Å². The fraction of sp³-hybridized carbons (Fsp3) is 0.391. The Labute approximate surface area is 171 Å². The Morgan fingerprint density at radius 2 is 1.79 bits per heavy atom. The van der Waals surface area contributed by atoms with Gasteiger partial charge in [-0.2, -0.15) is 0 Å². The maximum absolute atomic E-state index is 12.5. The van der Waals surface area contributed by atoms with Gasteiger partial charge in [-0.05, 0) is 56.5 Å². The lowest BCUT2D eigenvalue weighted by atomic mass is 10.1. The Hall–Kier alpha value is -3.02. The second-order valence-electron chi connectivity index (χ2n) is 6.81. The number of para-hydroxylation sites is 1. The van der Waals surface area contributed by atoms with E-state index in [0.717, 1.165) is 18.7 Å². The number of amides is 2. The van der Waals surface area contributed by atoms with E-state index in [9.17, 15) is 9.59 Å². The fourth-order valence-corrected chi connectivity index (χ4v) is 3.47. The van der Waals surface area contributed by atoms with Crippen LogP contribution in [-0.2, 0) is 11.2 Å². The fourth-order valence-electron chi connectivity index (χ4n) is 3.47. The number of nitrogens with zero attached hydrogens (tertiary/aromatic N) is 1. The molecule has 0 aromatic heterocycles. The highest BCUT2D eigenvalue weighted by Crippen LogP contribution is 2.29. The van der Waals surface area contributed by atoms with Crippen LogP contribution in [0.25, 0.3) is 0 Å². The van der Waals surface area contributed by atoms with Gasteiger partial charge in [-0.15, -0.1) is 0 Å². The SMILES string of the molecule is CCOc1ccc(C(=O)NCCCC(=O)N2CCc3ccccc32)cc1OCC. The number of fused-ring (bicyclic) bond motifs is 1. The summed E-state index contributed by atoms with van der Waals surface area (Å²) < 4.78 is 11.1. The van der Waals surface area contributed by atoms with Crippen LogP contribution in [0.15, 0.2) is 42.5 Å². The van der Waals surface area contributed by atoms with Gasteiger partial charge in [0.1, 0.15) is 0 Å². The predicted molar refractivity (Wildman–Crippen MR) is 113 cm³/mol. The minimum Gasteiger partial charge on any atom is -0.490 e. The number of carbonyl (C=O) groups excluding carboxylic acids is 2. The summed E-state index contributed by atoms with van der Waals surface area (Å²) in [5, 5.41) is 2.88. The number of anilines is 1. The lowest BCUT2D eigenvalue weighted by Gasteiger charge is -2.17.